The summed E-state index contributed by atoms with van der Waals surface area (Å²) in [5.74, 6) is 0.0278. The maximum atomic E-state index is 13.1. The van der Waals surface area contributed by atoms with Crippen molar-refractivity contribution in [3.8, 4) is 0 Å². The fourth-order valence-corrected chi connectivity index (χ4v) is 4.20. The van der Waals surface area contributed by atoms with Gasteiger partial charge in [0.05, 0.1) is 28.6 Å². The molecule has 0 spiro atoms. The van der Waals surface area contributed by atoms with Gasteiger partial charge in [-0.15, -0.1) is 0 Å². The van der Waals surface area contributed by atoms with Crippen LogP contribution >= 0.6 is 0 Å². The molecule has 0 N–H and O–H groups in total. The monoisotopic (exact) mass is 396 g/mol. The van der Waals surface area contributed by atoms with Crippen molar-refractivity contribution in [3.63, 3.8) is 0 Å². The van der Waals surface area contributed by atoms with Crippen molar-refractivity contribution in [1.29, 1.82) is 0 Å². The molecule has 0 bridgehead atoms. The normalized spacial score (nSPS) is 20.3. The zero-order valence-electron chi connectivity index (χ0n) is 17.3. The summed E-state index contributed by atoms with van der Waals surface area (Å²) in [4.78, 5) is 36.3. The molecule has 4 heterocycles. The molecule has 0 unspecified atom stereocenters. The van der Waals surface area contributed by atoms with Gasteiger partial charge in [-0.25, -0.2) is 0 Å². The van der Waals surface area contributed by atoms with Crippen molar-refractivity contribution in [3.05, 3.63) is 47.0 Å². The van der Waals surface area contributed by atoms with Crippen LogP contribution in [0.4, 0.5) is 0 Å². The molecule has 2 amide bonds. The first kappa shape index (κ1) is 19.6. The zero-order chi connectivity index (χ0) is 20.5. The first-order valence-electron chi connectivity index (χ1n) is 10.2. The summed E-state index contributed by atoms with van der Waals surface area (Å²) >= 11 is 0. The highest BCUT2D eigenvalue weighted by Gasteiger charge is 2.33. The molecule has 1 atom stereocenters. The van der Waals surface area contributed by atoms with E-state index in [1.165, 1.54) is 0 Å². The molecule has 2 aliphatic heterocycles. The van der Waals surface area contributed by atoms with Crippen LogP contribution in [0.25, 0.3) is 0 Å². The summed E-state index contributed by atoms with van der Waals surface area (Å²) in [5, 5.41) is 4.29. The Kier molecular flexibility index (Phi) is 5.36. The van der Waals surface area contributed by atoms with Gasteiger partial charge >= 0.3 is 0 Å². The Morgan fingerprint density at radius 1 is 1.03 bits per heavy atom. The molecule has 0 saturated carbocycles. The minimum absolute atomic E-state index is 0.00232. The molecule has 8 nitrogen and oxygen atoms in total. The first-order chi connectivity index (χ1) is 13.9. The average molecular weight is 396 g/mol. The van der Waals surface area contributed by atoms with Crippen LogP contribution in [0.15, 0.2) is 24.5 Å². The smallest absolute Gasteiger partial charge is 0.257 e. The second-order valence-electron chi connectivity index (χ2n) is 8.03. The van der Waals surface area contributed by atoms with Crippen LogP contribution in [0.3, 0.4) is 0 Å². The van der Waals surface area contributed by atoms with Crippen LogP contribution in [0.2, 0.25) is 0 Å². The number of hydrogen-bond donors (Lipinski definition) is 0. The highest BCUT2D eigenvalue weighted by Crippen LogP contribution is 2.32. The maximum absolute atomic E-state index is 13.1. The number of rotatable bonds is 3. The van der Waals surface area contributed by atoms with Crippen molar-refractivity contribution in [1.82, 2.24) is 29.5 Å². The lowest BCUT2D eigenvalue weighted by molar-refractivity contribution is 0.0661. The highest BCUT2D eigenvalue weighted by atomic mass is 16.2. The van der Waals surface area contributed by atoms with E-state index < -0.39 is 0 Å². The van der Waals surface area contributed by atoms with Crippen molar-refractivity contribution in [2.75, 3.05) is 39.8 Å². The Morgan fingerprint density at radius 3 is 2.41 bits per heavy atom. The molecular formula is C21H28N6O2. The van der Waals surface area contributed by atoms with Gasteiger partial charge in [0.2, 0.25) is 0 Å². The minimum Gasteiger partial charge on any atom is -0.336 e. The van der Waals surface area contributed by atoms with E-state index in [1.807, 2.05) is 35.9 Å². The fraction of sp³-hybridized carbons (Fsp3) is 0.524. The van der Waals surface area contributed by atoms with E-state index in [2.05, 4.69) is 22.0 Å². The molecule has 154 valence electrons. The number of aryl methyl sites for hydroxylation is 2. The summed E-state index contributed by atoms with van der Waals surface area (Å²) in [6.45, 7) is 5.84. The van der Waals surface area contributed by atoms with Crippen LogP contribution in [0, 0.1) is 6.92 Å². The second kappa shape index (κ2) is 7.94. The van der Waals surface area contributed by atoms with Gasteiger partial charge in [0.15, 0.2) is 0 Å². The van der Waals surface area contributed by atoms with E-state index in [0.29, 0.717) is 17.7 Å². The van der Waals surface area contributed by atoms with Crippen LogP contribution in [-0.4, -0.2) is 81.1 Å². The van der Waals surface area contributed by atoms with E-state index in [4.69, 9.17) is 0 Å². The number of carbonyl (C=O) groups is 2. The number of likely N-dealkylation sites (N-methyl/N-ethyl adjacent to an activating group) is 1. The molecule has 0 aromatic carbocycles. The molecule has 29 heavy (non-hydrogen) atoms. The Labute approximate surface area is 171 Å². The summed E-state index contributed by atoms with van der Waals surface area (Å²) in [7, 11) is 3.89. The summed E-state index contributed by atoms with van der Waals surface area (Å²) in [5.41, 5.74) is 2.83. The Morgan fingerprint density at radius 2 is 1.79 bits per heavy atom. The number of hydrogen-bond acceptors (Lipinski definition) is 5. The molecule has 2 saturated heterocycles. The van der Waals surface area contributed by atoms with E-state index in [0.717, 1.165) is 50.4 Å². The van der Waals surface area contributed by atoms with E-state index in [-0.39, 0.29) is 17.9 Å². The van der Waals surface area contributed by atoms with Crippen LogP contribution in [0.1, 0.15) is 51.0 Å². The Bertz CT molecular complexity index is 898. The Hall–Kier alpha value is -2.74. The number of amides is 2. The summed E-state index contributed by atoms with van der Waals surface area (Å²) < 4.78 is 1.67. The molecular weight excluding hydrogens is 368 g/mol. The van der Waals surface area contributed by atoms with Gasteiger partial charge in [0.25, 0.3) is 11.8 Å². The molecule has 2 aromatic heterocycles. The van der Waals surface area contributed by atoms with E-state index >= 15 is 0 Å². The predicted molar refractivity (Wildman–Crippen MR) is 109 cm³/mol. The summed E-state index contributed by atoms with van der Waals surface area (Å²) in [6, 6.07) is 3.68. The lowest BCUT2D eigenvalue weighted by Crippen LogP contribution is -2.47. The SMILES string of the molecule is Cc1nn(C)cc1C(=O)N1CCC[C@@H]1c1ccc(C(=O)N2CCN(C)CC2)cn1. The van der Waals surface area contributed by atoms with Gasteiger partial charge in [-0.05, 0) is 38.9 Å². The van der Waals surface area contributed by atoms with Gasteiger partial charge in [-0.3, -0.25) is 19.3 Å². The third-order valence-electron chi connectivity index (χ3n) is 5.92. The highest BCUT2D eigenvalue weighted by molar-refractivity contribution is 5.95. The summed E-state index contributed by atoms with van der Waals surface area (Å²) in [6.07, 6.45) is 5.26. The van der Waals surface area contributed by atoms with E-state index in [1.54, 1.807) is 17.1 Å². The maximum Gasteiger partial charge on any atom is 0.257 e. The fourth-order valence-electron chi connectivity index (χ4n) is 4.20. The number of likely N-dealkylation sites (tertiary alicyclic amines) is 1. The lowest BCUT2D eigenvalue weighted by atomic mass is 10.1. The molecule has 4 rings (SSSR count). The first-order valence-corrected chi connectivity index (χ1v) is 10.2. The average Bonchev–Trinajstić information content (AvgIpc) is 3.34. The number of piperazine rings is 1. The number of pyridine rings is 1. The number of nitrogens with zero attached hydrogens (tertiary/aromatic N) is 6. The van der Waals surface area contributed by atoms with Gasteiger partial charge in [0.1, 0.15) is 0 Å². The third kappa shape index (κ3) is 3.89. The molecule has 2 aliphatic rings. The van der Waals surface area contributed by atoms with Crippen LogP contribution in [-0.2, 0) is 7.05 Å². The largest absolute Gasteiger partial charge is 0.336 e. The minimum atomic E-state index is -0.0603. The molecule has 2 fully saturated rings. The quantitative estimate of drug-likeness (QED) is 0.786. The number of carbonyl (C=O) groups excluding carboxylic acids is 2. The number of aromatic nitrogens is 3. The zero-order valence-corrected chi connectivity index (χ0v) is 17.3. The van der Waals surface area contributed by atoms with E-state index in [9.17, 15) is 9.59 Å². The van der Waals surface area contributed by atoms with Gasteiger partial charge < -0.3 is 14.7 Å². The van der Waals surface area contributed by atoms with Crippen molar-refractivity contribution >= 4 is 11.8 Å². The van der Waals surface area contributed by atoms with Crippen molar-refractivity contribution in [2.24, 2.45) is 7.05 Å². The molecule has 0 aliphatic carbocycles. The van der Waals surface area contributed by atoms with Gasteiger partial charge in [0, 0.05) is 52.2 Å². The molecule has 2 aromatic rings. The molecule has 0 radical (unpaired) electrons. The van der Waals surface area contributed by atoms with Crippen LogP contribution < -0.4 is 0 Å². The van der Waals surface area contributed by atoms with Crippen molar-refractivity contribution in [2.45, 2.75) is 25.8 Å². The topological polar surface area (TPSA) is 74.6 Å². The third-order valence-corrected chi connectivity index (χ3v) is 5.92. The lowest BCUT2D eigenvalue weighted by Gasteiger charge is -2.32. The van der Waals surface area contributed by atoms with Gasteiger partial charge in [-0.1, -0.05) is 0 Å². The standard InChI is InChI=1S/C21H28N6O2/c1-15-17(14-25(3)23-15)21(29)27-8-4-5-19(27)18-7-6-16(13-22-18)20(28)26-11-9-24(2)10-12-26/h6-7,13-14,19H,4-5,8-12H2,1-3H3/t19-/m1/s1. The predicted octanol–water partition coefficient (Wildman–Crippen LogP) is 1.49. The van der Waals surface area contributed by atoms with Crippen molar-refractivity contribution < 1.29 is 9.59 Å². The van der Waals surface area contributed by atoms with Gasteiger partial charge in [-0.2, -0.15) is 5.10 Å². The second-order valence-corrected chi connectivity index (χ2v) is 8.03. The Balaban J connectivity index is 1.48. The van der Waals surface area contributed by atoms with Crippen LogP contribution in [0.5, 0.6) is 0 Å². The molecule has 8 heteroatoms.